The lowest BCUT2D eigenvalue weighted by molar-refractivity contribution is -0.156. The third-order valence-electron chi connectivity index (χ3n) is 10.1. The van der Waals surface area contributed by atoms with Crippen LogP contribution in [0.15, 0.2) is 72.8 Å². The van der Waals surface area contributed by atoms with Gasteiger partial charge in [0.2, 0.25) is 23.6 Å². The predicted molar refractivity (Wildman–Crippen MR) is 178 cm³/mol. The number of nitrogens with zero attached hydrogens (tertiary/aromatic N) is 3. The van der Waals surface area contributed by atoms with Crippen molar-refractivity contribution in [2.45, 2.75) is 76.2 Å². The van der Waals surface area contributed by atoms with Crippen molar-refractivity contribution in [2.75, 3.05) is 26.7 Å². The Bertz CT molecular complexity index is 1570. The van der Waals surface area contributed by atoms with E-state index in [1.807, 2.05) is 65.6 Å². The van der Waals surface area contributed by atoms with E-state index >= 15 is 0 Å². The van der Waals surface area contributed by atoms with Crippen molar-refractivity contribution >= 4 is 34.4 Å². The van der Waals surface area contributed by atoms with Gasteiger partial charge in [0.15, 0.2) is 0 Å². The zero-order valence-electron chi connectivity index (χ0n) is 26.9. The van der Waals surface area contributed by atoms with Crippen LogP contribution in [0, 0.1) is 5.92 Å². The second-order valence-electron chi connectivity index (χ2n) is 13.1. The summed E-state index contributed by atoms with van der Waals surface area (Å²) >= 11 is 0. The Hall–Kier alpha value is -4.24. The zero-order chi connectivity index (χ0) is 32.2. The standard InChI is InChI=1S/C37H45N5O4/c1-25(38-2)35(44)39-34(29-14-7-4-8-15-29)37(46)41-24-33(43)42-31(22-27-17-18-28-13-9-10-16-30(28)21-27)36(45)40(23-32(41)42)20-19-26-11-5-3-6-12-26/h3,5-6,9-13,16-18,21,25,29,31-32,34,38H,4,7-8,14-15,19-20,22-24H2,1-2H3,(H,39,44)/t25?,31-,32+,34-/m0/s1. The molecule has 3 aromatic rings. The first-order valence-corrected chi connectivity index (χ1v) is 16.7. The Kier molecular flexibility index (Phi) is 9.68. The molecule has 0 aromatic heterocycles. The van der Waals surface area contributed by atoms with E-state index in [0.29, 0.717) is 19.4 Å². The van der Waals surface area contributed by atoms with Crippen LogP contribution < -0.4 is 10.6 Å². The van der Waals surface area contributed by atoms with Gasteiger partial charge in [-0.1, -0.05) is 92.1 Å². The molecule has 1 unspecified atom stereocenters. The van der Waals surface area contributed by atoms with Gasteiger partial charge in [-0.25, -0.2) is 0 Å². The van der Waals surface area contributed by atoms with E-state index in [1.165, 1.54) is 0 Å². The highest BCUT2D eigenvalue weighted by molar-refractivity contribution is 5.97. The third kappa shape index (κ3) is 6.65. The van der Waals surface area contributed by atoms with Crippen molar-refractivity contribution in [3.8, 4) is 0 Å². The minimum Gasteiger partial charge on any atom is -0.343 e. The topological polar surface area (TPSA) is 102 Å². The van der Waals surface area contributed by atoms with Crippen LogP contribution in [-0.4, -0.2) is 89.3 Å². The molecular weight excluding hydrogens is 578 g/mol. The van der Waals surface area contributed by atoms with Gasteiger partial charge in [-0.2, -0.15) is 0 Å². The van der Waals surface area contributed by atoms with Crippen molar-refractivity contribution in [3.05, 3.63) is 83.9 Å². The van der Waals surface area contributed by atoms with Crippen molar-refractivity contribution < 1.29 is 19.2 Å². The van der Waals surface area contributed by atoms with Gasteiger partial charge in [0.1, 0.15) is 24.8 Å². The van der Waals surface area contributed by atoms with Crippen LogP contribution in [-0.2, 0) is 32.0 Å². The van der Waals surface area contributed by atoms with E-state index in [0.717, 1.165) is 54.0 Å². The summed E-state index contributed by atoms with van der Waals surface area (Å²) in [5.41, 5.74) is 2.09. The van der Waals surface area contributed by atoms with E-state index in [2.05, 4.69) is 22.8 Å². The molecule has 0 radical (unpaired) electrons. The molecular formula is C37H45N5O4. The van der Waals surface area contributed by atoms with E-state index in [4.69, 9.17) is 0 Å². The fourth-order valence-electron chi connectivity index (χ4n) is 7.38. The molecule has 0 bridgehead atoms. The van der Waals surface area contributed by atoms with E-state index in [9.17, 15) is 19.2 Å². The number of nitrogens with one attached hydrogen (secondary N) is 2. The van der Waals surface area contributed by atoms with Crippen LogP contribution in [0.25, 0.3) is 10.8 Å². The van der Waals surface area contributed by atoms with Gasteiger partial charge in [-0.05, 0) is 61.1 Å². The molecule has 2 N–H and O–H groups in total. The molecule has 9 nitrogen and oxygen atoms in total. The van der Waals surface area contributed by atoms with Gasteiger partial charge in [-0.3, -0.25) is 19.2 Å². The Morgan fingerprint density at radius 3 is 2.35 bits per heavy atom. The number of piperazine rings is 1. The molecule has 3 aliphatic rings. The number of fused-ring (bicyclic) bond motifs is 2. The average molecular weight is 624 g/mol. The molecule has 4 atom stereocenters. The van der Waals surface area contributed by atoms with E-state index in [1.54, 1.807) is 23.8 Å². The van der Waals surface area contributed by atoms with Crippen LogP contribution in [0.1, 0.15) is 50.2 Å². The highest BCUT2D eigenvalue weighted by atomic mass is 16.2. The van der Waals surface area contributed by atoms with Crippen molar-refractivity contribution in [2.24, 2.45) is 5.92 Å². The lowest BCUT2D eigenvalue weighted by atomic mass is 9.83. The SMILES string of the molecule is CNC(C)C(=O)N[C@H](C(=O)N1CC(=O)N2[C@@H]1CN(CCc1ccccc1)C(=O)[C@@H]2Cc1ccc2ccccc2c1)C1CCCCC1. The molecule has 242 valence electrons. The lowest BCUT2D eigenvalue weighted by Crippen LogP contribution is -2.66. The molecule has 9 heteroatoms. The minimum absolute atomic E-state index is 0.00575. The van der Waals surface area contributed by atoms with Gasteiger partial charge >= 0.3 is 0 Å². The van der Waals surface area contributed by atoms with Crippen LogP contribution >= 0.6 is 0 Å². The van der Waals surface area contributed by atoms with E-state index < -0.39 is 24.3 Å². The largest absolute Gasteiger partial charge is 0.343 e. The second-order valence-corrected chi connectivity index (χ2v) is 13.1. The van der Waals surface area contributed by atoms with Crippen molar-refractivity contribution in [1.29, 1.82) is 0 Å². The molecule has 4 amide bonds. The van der Waals surface area contributed by atoms with Gasteiger partial charge in [0, 0.05) is 13.0 Å². The molecule has 2 aliphatic heterocycles. The average Bonchev–Trinajstić information content (AvgIpc) is 3.43. The van der Waals surface area contributed by atoms with Crippen LogP contribution in [0.2, 0.25) is 0 Å². The summed E-state index contributed by atoms with van der Waals surface area (Å²) in [5.74, 6) is -0.774. The first-order valence-electron chi connectivity index (χ1n) is 16.7. The highest BCUT2D eigenvalue weighted by Gasteiger charge is 2.52. The predicted octanol–water partition coefficient (Wildman–Crippen LogP) is 3.51. The zero-order valence-corrected chi connectivity index (χ0v) is 26.9. The Morgan fingerprint density at radius 2 is 1.61 bits per heavy atom. The van der Waals surface area contributed by atoms with Gasteiger partial charge in [0.05, 0.1) is 12.6 Å². The molecule has 46 heavy (non-hydrogen) atoms. The normalized spacial score (nSPS) is 21.7. The Labute approximate surface area is 271 Å². The molecule has 2 saturated heterocycles. The summed E-state index contributed by atoms with van der Waals surface area (Å²) in [6, 6.07) is 22.4. The molecule has 3 aromatic carbocycles. The molecule has 2 heterocycles. The quantitative estimate of drug-likeness (QED) is 0.360. The maximum absolute atomic E-state index is 14.5. The summed E-state index contributed by atoms with van der Waals surface area (Å²) in [4.78, 5) is 60.7. The van der Waals surface area contributed by atoms with Crippen LogP contribution in [0.5, 0.6) is 0 Å². The van der Waals surface area contributed by atoms with Crippen molar-refractivity contribution in [1.82, 2.24) is 25.3 Å². The number of amides is 4. The number of carbonyl (C=O) groups is 4. The van der Waals surface area contributed by atoms with Crippen LogP contribution in [0.4, 0.5) is 0 Å². The highest BCUT2D eigenvalue weighted by Crippen LogP contribution is 2.32. The summed E-state index contributed by atoms with van der Waals surface area (Å²) in [6.45, 7) is 2.40. The number of rotatable bonds is 10. The Balaban J connectivity index is 1.30. The third-order valence-corrected chi connectivity index (χ3v) is 10.1. The summed E-state index contributed by atoms with van der Waals surface area (Å²) in [5, 5.41) is 8.21. The van der Waals surface area contributed by atoms with Gasteiger partial charge < -0.3 is 25.3 Å². The van der Waals surface area contributed by atoms with Crippen LogP contribution in [0.3, 0.4) is 0 Å². The number of carbonyl (C=O) groups excluding carboxylic acids is 4. The van der Waals surface area contributed by atoms with Crippen molar-refractivity contribution in [3.63, 3.8) is 0 Å². The molecule has 1 saturated carbocycles. The molecule has 0 spiro atoms. The number of likely N-dealkylation sites (N-methyl/N-ethyl adjacent to an activating group) is 1. The lowest BCUT2D eigenvalue weighted by Gasteiger charge is -2.45. The maximum Gasteiger partial charge on any atom is 0.247 e. The summed E-state index contributed by atoms with van der Waals surface area (Å²) < 4.78 is 0. The number of benzene rings is 3. The number of hydrogen-bond donors (Lipinski definition) is 2. The first-order chi connectivity index (χ1) is 22.3. The first kappa shape index (κ1) is 31.7. The van der Waals surface area contributed by atoms with E-state index in [-0.39, 0.29) is 42.6 Å². The van der Waals surface area contributed by atoms with Gasteiger partial charge in [0.25, 0.3) is 0 Å². The monoisotopic (exact) mass is 623 g/mol. The summed E-state index contributed by atoms with van der Waals surface area (Å²) in [6.07, 6.45) is 5.28. The van der Waals surface area contributed by atoms with Gasteiger partial charge in [-0.15, -0.1) is 0 Å². The fourth-order valence-corrected chi connectivity index (χ4v) is 7.38. The summed E-state index contributed by atoms with van der Waals surface area (Å²) in [7, 11) is 1.72. The molecule has 6 rings (SSSR count). The second kappa shape index (κ2) is 14.0. The Morgan fingerprint density at radius 1 is 0.891 bits per heavy atom. The molecule has 3 fully saturated rings. The number of hydrogen-bond acceptors (Lipinski definition) is 5. The fraction of sp³-hybridized carbons (Fsp3) is 0.459. The minimum atomic E-state index is -0.729. The maximum atomic E-state index is 14.5. The smallest absolute Gasteiger partial charge is 0.247 e. The molecule has 1 aliphatic carbocycles.